The Labute approximate surface area is 183 Å². The van der Waals surface area contributed by atoms with Crippen LogP contribution in [0.2, 0.25) is 6.04 Å². The van der Waals surface area contributed by atoms with Crippen molar-refractivity contribution in [2.75, 3.05) is 13.2 Å². The molecule has 0 aromatic heterocycles. The first kappa shape index (κ1) is 22.1. The summed E-state index contributed by atoms with van der Waals surface area (Å²) in [6, 6.07) is 31.6. The van der Waals surface area contributed by atoms with Gasteiger partial charge in [0.25, 0.3) is 0 Å². The fourth-order valence-corrected chi connectivity index (χ4v) is 6.13. The van der Waals surface area contributed by atoms with Crippen LogP contribution in [0.15, 0.2) is 91.0 Å². The largest absolute Gasteiger partial charge is 0.393 e. The Morgan fingerprint density at radius 1 is 0.724 bits per heavy atom. The van der Waals surface area contributed by atoms with E-state index in [9.17, 15) is 0 Å². The maximum Gasteiger partial charge on any atom is 0.389 e. The van der Waals surface area contributed by atoms with Crippen LogP contribution < -0.4 is 0 Å². The van der Waals surface area contributed by atoms with Crippen LogP contribution in [0, 0.1) is 0 Å². The molecule has 0 spiro atoms. The van der Waals surface area contributed by atoms with E-state index in [1.165, 1.54) is 0 Å². The molecule has 0 N–H and O–H groups in total. The summed E-state index contributed by atoms with van der Waals surface area (Å²) in [5.41, 5.74) is 2.55. The van der Waals surface area contributed by atoms with Gasteiger partial charge in [0.05, 0.1) is 0 Å². The Hall–Kier alpha value is -1.62. The maximum absolute atomic E-state index is 6.71. The van der Waals surface area contributed by atoms with Gasteiger partial charge in [0.1, 0.15) is 5.60 Å². The zero-order valence-electron chi connectivity index (χ0n) is 16.6. The number of benzene rings is 3. The second-order valence-electron chi connectivity index (χ2n) is 6.80. The summed E-state index contributed by atoms with van der Waals surface area (Å²) in [7, 11) is 0. The van der Waals surface area contributed by atoms with Crippen molar-refractivity contribution in [3.05, 3.63) is 108 Å². The average molecular weight is 445 g/mol. The highest BCUT2D eigenvalue weighted by Gasteiger charge is 2.38. The molecule has 152 valence electrons. The second kappa shape index (κ2) is 10.4. The topological polar surface area (TPSA) is 18.5 Å². The third-order valence-corrected chi connectivity index (χ3v) is 8.26. The first-order valence-electron chi connectivity index (χ1n) is 9.91. The van der Waals surface area contributed by atoms with Gasteiger partial charge in [-0.1, -0.05) is 91.0 Å². The third kappa shape index (κ3) is 5.50. The molecule has 3 rings (SSSR count). The van der Waals surface area contributed by atoms with E-state index in [0.717, 1.165) is 23.1 Å². The van der Waals surface area contributed by atoms with Crippen LogP contribution in [0.4, 0.5) is 0 Å². The van der Waals surface area contributed by atoms with Crippen molar-refractivity contribution in [1.29, 1.82) is 0 Å². The number of ether oxygens (including phenoxy) is 1. The number of hydrogen-bond donors (Lipinski definition) is 0. The lowest BCUT2D eigenvalue weighted by atomic mass is 9.80. The van der Waals surface area contributed by atoms with Gasteiger partial charge in [-0.05, 0) is 36.1 Å². The Morgan fingerprint density at radius 2 is 1.14 bits per heavy atom. The lowest BCUT2D eigenvalue weighted by Crippen LogP contribution is -2.34. The molecule has 0 amide bonds. The summed E-state index contributed by atoms with van der Waals surface area (Å²) in [5, 5.41) is 0. The number of halogens is 2. The smallest absolute Gasteiger partial charge is 0.389 e. The van der Waals surface area contributed by atoms with E-state index >= 15 is 0 Å². The van der Waals surface area contributed by atoms with Crippen molar-refractivity contribution < 1.29 is 9.16 Å². The standard InChI is InChI=1S/C24H26Cl2O2Si/c1-2-28-29(25,26)20-12-19-27-24(21-13-6-3-7-14-21,22-15-8-4-9-16-22)23-17-10-5-11-18-23/h3-11,13-18H,2,12,19-20H2,1H3. The van der Waals surface area contributed by atoms with Crippen LogP contribution in [-0.2, 0) is 14.8 Å². The Bertz CT molecular complexity index is 761. The minimum Gasteiger partial charge on any atom is -0.393 e. The molecule has 0 radical (unpaired) electrons. The van der Waals surface area contributed by atoms with E-state index in [1.54, 1.807) is 0 Å². The SMILES string of the molecule is CCO[Si](Cl)(Cl)CCCOC(c1ccccc1)(c1ccccc1)c1ccccc1. The maximum atomic E-state index is 6.71. The summed E-state index contributed by atoms with van der Waals surface area (Å²) >= 11 is 12.7. The van der Waals surface area contributed by atoms with Crippen molar-refractivity contribution in [3.63, 3.8) is 0 Å². The molecule has 0 atom stereocenters. The van der Waals surface area contributed by atoms with Crippen LogP contribution in [0.25, 0.3) is 0 Å². The van der Waals surface area contributed by atoms with Crippen molar-refractivity contribution in [3.8, 4) is 0 Å². The minimum atomic E-state index is -2.67. The molecule has 0 saturated carbocycles. The zero-order chi connectivity index (χ0) is 20.6. The Morgan fingerprint density at radius 3 is 1.52 bits per heavy atom. The van der Waals surface area contributed by atoms with Crippen molar-refractivity contribution in [2.24, 2.45) is 0 Å². The normalized spacial score (nSPS) is 12.1. The number of rotatable bonds is 10. The molecule has 3 aromatic rings. The van der Waals surface area contributed by atoms with Gasteiger partial charge in [-0.15, -0.1) is 22.2 Å². The van der Waals surface area contributed by atoms with Gasteiger partial charge in [-0.2, -0.15) is 0 Å². The van der Waals surface area contributed by atoms with Gasteiger partial charge in [0, 0.05) is 13.2 Å². The predicted octanol–water partition coefficient (Wildman–Crippen LogP) is 6.84. The Balaban J connectivity index is 1.97. The van der Waals surface area contributed by atoms with E-state index in [2.05, 4.69) is 36.4 Å². The van der Waals surface area contributed by atoms with E-state index in [4.69, 9.17) is 31.3 Å². The van der Waals surface area contributed by atoms with Crippen molar-refractivity contribution in [1.82, 2.24) is 0 Å². The molecule has 0 aliphatic carbocycles. The molecule has 0 aliphatic rings. The first-order valence-corrected chi connectivity index (χ1v) is 14.0. The van der Waals surface area contributed by atoms with E-state index in [1.807, 2.05) is 61.5 Å². The minimum absolute atomic E-state index is 0.514. The van der Waals surface area contributed by atoms with Crippen LogP contribution >= 0.6 is 22.2 Å². The highest BCUT2D eigenvalue weighted by atomic mass is 35.7. The molecule has 0 saturated heterocycles. The summed E-state index contributed by atoms with van der Waals surface area (Å²) in [4.78, 5) is 0. The lowest BCUT2D eigenvalue weighted by molar-refractivity contribution is 0.0130. The van der Waals surface area contributed by atoms with Crippen LogP contribution in [0.3, 0.4) is 0 Å². The van der Waals surface area contributed by atoms with Gasteiger partial charge in [0.2, 0.25) is 0 Å². The summed E-state index contributed by atoms with van der Waals surface area (Å²) < 4.78 is 12.2. The lowest BCUT2D eigenvalue weighted by Gasteiger charge is -2.36. The van der Waals surface area contributed by atoms with Crippen LogP contribution in [0.5, 0.6) is 0 Å². The van der Waals surface area contributed by atoms with E-state index in [-0.39, 0.29) is 0 Å². The quantitative estimate of drug-likeness (QED) is 0.147. The molecule has 2 nitrogen and oxygen atoms in total. The summed E-state index contributed by atoms with van der Waals surface area (Å²) in [6.45, 7) is 0.282. The average Bonchev–Trinajstić information content (AvgIpc) is 2.76. The molecule has 3 aromatic carbocycles. The van der Waals surface area contributed by atoms with Gasteiger partial charge in [0.15, 0.2) is 0 Å². The molecule has 0 unspecified atom stereocenters. The van der Waals surface area contributed by atoms with Gasteiger partial charge in [-0.25, -0.2) is 0 Å². The molecule has 0 bridgehead atoms. The highest BCUT2D eigenvalue weighted by Crippen LogP contribution is 2.40. The number of hydrogen-bond acceptors (Lipinski definition) is 2. The highest BCUT2D eigenvalue weighted by molar-refractivity contribution is 7.42. The summed E-state index contributed by atoms with van der Waals surface area (Å²) in [5.74, 6) is 0. The third-order valence-electron chi connectivity index (χ3n) is 4.83. The fraction of sp³-hybridized carbons (Fsp3) is 0.250. The Kier molecular flexibility index (Phi) is 7.93. The van der Waals surface area contributed by atoms with Gasteiger partial charge >= 0.3 is 6.94 Å². The fourth-order valence-electron chi connectivity index (χ4n) is 3.56. The first-order chi connectivity index (χ1) is 14.1. The second-order valence-corrected chi connectivity index (χ2v) is 13.1. The van der Waals surface area contributed by atoms with E-state index < -0.39 is 12.5 Å². The monoisotopic (exact) mass is 444 g/mol. The molecule has 0 fully saturated rings. The summed E-state index contributed by atoms with van der Waals surface area (Å²) in [6.07, 6.45) is 0.730. The molecular weight excluding hydrogens is 419 g/mol. The molecule has 0 heterocycles. The van der Waals surface area contributed by atoms with Crippen LogP contribution in [-0.4, -0.2) is 20.2 Å². The molecular formula is C24H26Cl2O2Si. The molecule has 5 heteroatoms. The van der Waals surface area contributed by atoms with Gasteiger partial charge in [-0.3, -0.25) is 0 Å². The predicted molar refractivity (Wildman–Crippen MR) is 124 cm³/mol. The van der Waals surface area contributed by atoms with Crippen molar-refractivity contribution >= 4 is 29.1 Å². The molecule has 29 heavy (non-hydrogen) atoms. The molecule has 0 aliphatic heterocycles. The van der Waals surface area contributed by atoms with E-state index in [0.29, 0.717) is 19.3 Å². The van der Waals surface area contributed by atoms with Gasteiger partial charge < -0.3 is 9.16 Å². The van der Waals surface area contributed by atoms with Crippen molar-refractivity contribution in [2.45, 2.75) is 25.0 Å². The zero-order valence-corrected chi connectivity index (χ0v) is 19.1. The van der Waals surface area contributed by atoms with Crippen LogP contribution in [0.1, 0.15) is 30.0 Å².